The number of fused-ring (bicyclic) bond motifs is 1. The van der Waals surface area contributed by atoms with Gasteiger partial charge in [0.25, 0.3) is 5.91 Å². The molecule has 0 saturated carbocycles. The van der Waals surface area contributed by atoms with Gasteiger partial charge >= 0.3 is 0 Å². The molecule has 0 bridgehead atoms. The van der Waals surface area contributed by atoms with Crippen molar-refractivity contribution in [2.24, 2.45) is 11.3 Å². The quantitative estimate of drug-likeness (QED) is 0.524. The van der Waals surface area contributed by atoms with E-state index in [0.29, 0.717) is 47.5 Å². The Balaban J connectivity index is 1.50. The zero-order valence-corrected chi connectivity index (χ0v) is 20.9. The molecule has 1 unspecified atom stereocenters. The normalized spacial score (nSPS) is 15.3. The maximum Gasteiger partial charge on any atom is 0.274 e. The first-order chi connectivity index (χ1) is 16.0. The molecule has 8 nitrogen and oxygen atoms in total. The number of hydrogen-bond donors (Lipinski definition) is 1. The van der Waals surface area contributed by atoms with Crippen LogP contribution in [0.2, 0.25) is 0 Å². The fourth-order valence-electron chi connectivity index (χ4n) is 4.08. The number of likely N-dealkylation sites (tertiary alicyclic amines) is 1. The van der Waals surface area contributed by atoms with Crippen molar-refractivity contribution in [3.8, 4) is 0 Å². The molecule has 4 rings (SSSR count). The predicted octanol–water partition coefficient (Wildman–Crippen LogP) is 4.57. The summed E-state index contributed by atoms with van der Waals surface area (Å²) in [5.41, 5.74) is 1.35. The van der Waals surface area contributed by atoms with Crippen LogP contribution in [0.4, 0.5) is 10.3 Å². The second-order valence-corrected chi connectivity index (χ2v) is 11.3. The van der Waals surface area contributed by atoms with Crippen LogP contribution in [0.25, 0.3) is 10.3 Å². The second kappa shape index (κ2) is 9.32. The molecule has 1 fully saturated rings. The Morgan fingerprint density at radius 1 is 1.24 bits per heavy atom. The fourth-order valence-corrected chi connectivity index (χ4v) is 4.92. The van der Waals surface area contributed by atoms with Crippen LogP contribution in [0, 0.1) is 24.1 Å². The van der Waals surface area contributed by atoms with E-state index in [1.165, 1.54) is 17.4 Å². The molecule has 1 amide bonds. The van der Waals surface area contributed by atoms with E-state index in [2.05, 4.69) is 46.0 Å². The van der Waals surface area contributed by atoms with Crippen LogP contribution in [-0.2, 0) is 4.79 Å². The van der Waals surface area contributed by atoms with Gasteiger partial charge in [-0.15, -0.1) is 11.3 Å². The Hall–Kier alpha value is -3.01. The number of aromatic nitrogens is 4. The fraction of sp³-hybridized carbons (Fsp3) is 0.500. The number of aryl methyl sites for hydroxylation is 1. The highest BCUT2D eigenvalue weighted by Crippen LogP contribution is 2.30. The number of Topliss-reactive ketones (excluding diaryl/α,β-unsaturated/α-hetero) is 1. The minimum atomic E-state index is -0.429. The van der Waals surface area contributed by atoms with Crippen LogP contribution in [0.1, 0.15) is 67.6 Å². The number of carbonyl (C=O) groups is 2. The van der Waals surface area contributed by atoms with Gasteiger partial charge in [-0.25, -0.2) is 14.4 Å². The number of thiazole rings is 1. The lowest BCUT2D eigenvalue weighted by Gasteiger charge is -2.39. The lowest BCUT2D eigenvalue weighted by Crippen LogP contribution is -2.50. The summed E-state index contributed by atoms with van der Waals surface area (Å²) in [7, 11) is 0. The van der Waals surface area contributed by atoms with Gasteiger partial charge in [0.1, 0.15) is 16.3 Å². The van der Waals surface area contributed by atoms with Crippen LogP contribution < -0.4 is 5.32 Å². The van der Waals surface area contributed by atoms with Crippen molar-refractivity contribution in [1.29, 1.82) is 0 Å². The lowest BCUT2D eigenvalue weighted by atomic mass is 9.85. The summed E-state index contributed by atoms with van der Waals surface area (Å²) in [4.78, 5) is 44.6. The van der Waals surface area contributed by atoms with Crippen LogP contribution in [-0.4, -0.2) is 49.6 Å². The minimum Gasteiger partial charge on any atom is -0.348 e. The van der Waals surface area contributed by atoms with E-state index in [1.54, 1.807) is 11.1 Å². The first-order valence-corrected chi connectivity index (χ1v) is 12.1. The van der Waals surface area contributed by atoms with E-state index in [-0.39, 0.29) is 35.0 Å². The number of nitrogens with zero attached hydrogens (tertiary/aromatic N) is 5. The van der Waals surface area contributed by atoms with E-state index in [1.807, 2.05) is 13.8 Å². The largest absolute Gasteiger partial charge is 0.348 e. The van der Waals surface area contributed by atoms with Gasteiger partial charge < -0.3 is 10.2 Å². The maximum atomic E-state index is 13.6. The number of anilines is 1. The Labute approximate surface area is 202 Å². The summed E-state index contributed by atoms with van der Waals surface area (Å²) in [6.45, 7) is 10.9. The number of rotatable bonds is 7. The third-order valence-corrected chi connectivity index (χ3v) is 6.59. The smallest absolute Gasteiger partial charge is 0.274 e. The predicted molar refractivity (Wildman–Crippen MR) is 129 cm³/mol. The minimum absolute atomic E-state index is 0.0327. The topological polar surface area (TPSA) is 101 Å². The van der Waals surface area contributed by atoms with Crippen LogP contribution >= 0.6 is 11.3 Å². The number of carbonyl (C=O) groups excluding carboxylic acids is 2. The van der Waals surface area contributed by atoms with Crippen molar-refractivity contribution < 1.29 is 14.0 Å². The lowest BCUT2D eigenvalue weighted by molar-refractivity contribution is -0.122. The number of pyridine rings is 1. The summed E-state index contributed by atoms with van der Waals surface area (Å²) in [5, 5.41) is 3.92. The highest BCUT2D eigenvalue weighted by Gasteiger charge is 2.35. The summed E-state index contributed by atoms with van der Waals surface area (Å²) in [5.74, 6) is 0.0349. The molecule has 10 heteroatoms. The highest BCUT2D eigenvalue weighted by atomic mass is 32.1. The van der Waals surface area contributed by atoms with Crippen LogP contribution in [0.15, 0.2) is 18.5 Å². The third-order valence-electron chi connectivity index (χ3n) is 5.62. The van der Waals surface area contributed by atoms with E-state index < -0.39 is 5.82 Å². The first kappa shape index (κ1) is 24.1. The van der Waals surface area contributed by atoms with Gasteiger partial charge in [-0.3, -0.25) is 14.6 Å². The molecule has 0 aliphatic carbocycles. The Morgan fingerprint density at radius 2 is 1.97 bits per heavy atom. The van der Waals surface area contributed by atoms with Crippen molar-refractivity contribution >= 4 is 39.3 Å². The van der Waals surface area contributed by atoms with Crippen molar-refractivity contribution in [3.05, 3.63) is 40.5 Å². The summed E-state index contributed by atoms with van der Waals surface area (Å²) in [6, 6.07) is 1.06. The molecule has 0 aromatic carbocycles. The van der Waals surface area contributed by atoms with Crippen LogP contribution in [0.3, 0.4) is 0 Å². The standard InChI is InChI=1S/C24H29FN6O2S/c1-13(16-7-17(25)10-26-9-16)27-23-29-19(20-21(30-23)28-14(2)34-20)22(33)31-11-15(12-31)6-18(32)8-24(3,4)5/h7,9-10,13,15H,6,8,11-12H2,1-5H3,(H,27,29,30). The van der Waals surface area contributed by atoms with Crippen molar-refractivity contribution in [2.75, 3.05) is 18.4 Å². The molecule has 4 heterocycles. The van der Waals surface area contributed by atoms with Crippen molar-refractivity contribution in [2.45, 2.75) is 53.5 Å². The van der Waals surface area contributed by atoms with Crippen molar-refractivity contribution in [3.63, 3.8) is 0 Å². The molecule has 1 saturated heterocycles. The van der Waals surface area contributed by atoms with Gasteiger partial charge in [0, 0.05) is 38.0 Å². The molecule has 34 heavy (non-hydrogen) atoms. The van der Waals surface area contributed by atoms with E-state index in [0.717, 1.165) is 11.2 Å². The molecular weight excluding hydrogens is 455 g/mol. The highest BCUT2D eigenvalue weighted by molar-refractivity contribution is 7.18. The number of hydrogen-bond acceptors (Lipinski definition) is 8. The molecule has 1 aliphatic rings. The van der Waals surface area contributed by atoms with Gasteiger partial charge in [0.05, 0.1) is 17.2 Å². The number of amides is 1. The molecule has 1 N–H and O–H groups in total. The van der Waals surface area contributed by atoms with Crippen molar-refractivity contribution in [1.82, 2.24) is 24.8 Å². The summed E-state index contributed by atoms with van der Waals surface area (Å²) in [6.07, 6.45) is 3.74. The zero-order chi connectivity index (χ0) is 24.6. The van der Waals surface area contributed by atoms with Gasteiger partial charge in [-0.2, -0.15) is 4.98 Å². The summed E-state index contributed by atoms with van der Waals surface area (Å²) >= 11 is 1.38. The Morgan fingerprint density at radius 3 is 2.65 bits per heavy atom. The molecule has 0 radical (unpaired) electrons. The number of nitrogens with one attached hydrogen (secondary N) is 1. The molecular formula is C24H29FN6O2S. The monoisotopic (exact) mass is 484 g/mol. The van der Waals surface area contributed by atoms with E-state index in [9.17, 15) is 14.0 Å². The molecule has 180 valence electrons. The molecule has 3 aromatic rings. The molecule has 0 spiro atoms. The Kier molecular flexibility index (Phi) is 6.62. The van der Waals surface area contributed by atoms with E-state index >= 15 is 0 Å². The molecule has 1 atom stereocenters. The average Bonchev–Trinajstić information content (AvgIpc) is 3.08. The summed E-state index contributed by atoms with van der Waals surface area (Å²) < 4.78 is 14.2. The number of halogens is 1. The van der Waals surface area contributed by atoms with Gasteiger partial charge in [0.2, 0.25) is 5.95 Å². The molecule has 1 aliphatic heterocycles. The third kappa shape index (κ3) is 5.55. The molecule has 3 aromatic heterocycles. The number of ketones is 1. The first-order valence-electron chi connectivity index (χ1n) is 11.3. The average molecular weight is 485 g/mol. The van der Waals surface area contributed by atoms with Gasteiger partial charge in [-0.05, 0) is 30.9 Å². The van der Waals surface area contributed by atoms with Crippen LogP contribution in [0.5, 0.6) is 0 Å². The van der Waals surface area contributed by atoms with Gasteiger partial charge in [-0.1, -0.05) is 20.8 Å². The maximum absolute atomic E-state index is 13.6. The zero-order valence-electron chi connectivity index (χ0n) is 20.1. The van der Waals surface area contributed by atoms with E-state index in [4.69, 9.17) is 0 Å². The second-order valence-electron chi connectivity index (χ2n) is 10.1. The Bertz CT molecular complexity index is 1230. The SMILES string of the molecule is Cc1nc2nc(NC(C)c3cncc(F)c3)nc(C(=O)N3CC(CC(=O)CC(C)(C)C)C3)c2s1. The van der Waals surface area contributed by atoms with Gasteiger partial charge in [0.15, 0.2) is 11.3 Å².